The van der Waals surface area contributed by atoms with E-state index >= 15 is 0 Å². The molecule has 2 fully saturated rings. The van der Waals surface area contributed by atoms with E-state index in [1.165, 1.54) is 31.3 Å². The van der Waals surface area contributed by atoms with Crippen LogP contribution in [0.3, 0.4) is 0 Å². The van der Waals surface area contributed by atoms with E-state index in [9.17, 15) is 32.3 Å². The molecule has 0 unspecified atom stereocenters. The number of piperidine rings is 1. The van der Waals surface area contributed by atoms with Crippen LogP contribution in [0.5, 0.6) is 0 Å². The average Bonchev–Trinajstić information content (AvgIpc) is 3.61. The monoisotopic (exact) mass is 712 g/mol. The molecule has 13 heteroatoms. The van der Waals surface area contributed by atoms with Crippen molar-refractivity contribution in [2.24, 2.45) is 0 Å². The zero-order valence-corrected chi connectivity index (χ0v) is 28.6. The van der Waals surface area contributed by atoms with Crippen LogP contribution in [0.15, 0.2) is 85.1 Å². The standard InChI is InChI=1S/C39H39F3N6O4/c1-25(49)45-31-14-18-48(24-31)38(52)29-9-6-8-27(20-29)37(51)46-34-12-11-32(47-16-3-2-4-17-47)22-33(34)35-21-28(13-15-43-35)36(50)44-23-26-7-5-10-30(19-26)39(40,41)42/h5-13,15,19-22,31H,2-4,14,16-18,23-24H2,1H3,(H,44,50)(H,45,49)(H,46,51)/t31-/m0/s1. The number of amides is 4. The molecule has 2 aliphatic heterocycles. The third kappa shape index (κ3) is 8.76. The van der Waals surface area contributed by atoms with Gasteiger partial charge in [0.1, 0.15) is 0 Å². The number of aromatic nitrogens is 1. The number of nitrogens with one attached hydrogen (secondary N) is 3. The summed E-state index contributed by atoms with van der Waals surface area (Å²) >= 11 is 0. The van der Waals surface area contributed by atoms with Crippen LogP contribution in [0.4, 0.5) is 24.5 Å². The summed E-state index contributed by atoms with van der Waals surface area (Å²) in [6.07, 6.45) is 0.864. The molecule has 2 saturated heterocycles. The fourth-order valence-corrected chi connectivity index (χ4v) is 6.58. The fraction of sp³-hybridized carbons (Fsp3) is 0.308. The topological polar surface area (TPSA) is 124 Å². The first-order chi connectivity index (χ1) is 24.9. The van der Waals surface area contributed by atoms with Gasteiger partial charge in [0.25, 0.3) is 17.7 Å². The van der Waals surface area contributed by atoms with Crippen molar-refractivity contribution < 1.29 is 32.3 Å². The Hall–Kier alpha value is -5.72. The highest BCUT2D eigenvalue weighted by Gasteiger charge is 2.30. The highest BCUT2D eigenvalue weighted by molar-refractivity contribution is 6.08. The van der Waals surface area contributed by atoms with Gasteiger partial charge in [-0.2, -0.15) is 13.2 Å². The van der Waals surface area contributed by atoms with Crippen LogP contribution in [0.2, 0.25) is 0 Å². The largest absolute Gasteiger partial charge is 0.416 e. The first-order valence-electron chi connectivity index (χ1n) is 17.2. The van der Waals surface area contributed by atoms with Crippen LogP contribution in [0.25, 0.3) is 11.3 Å². The number of hydrogen-bond acceptors (Lipinski definition) is 6. The lowest BCUT2D eigenvalue weighted by atomic mass is 10.0. The predicted molar refractivity (Wildman–Crippen MR) is 191 cm³/mol. The maximum atomic E-state index is 13.7. The van der Waals surface area contributed by atoms with Gasteiger partial charge in [-0.25, -0.2) is 0 Å². The first-order valence-corrected chi connectivity index (χ1v) is 17.2. The van der Waals surface area contributed by atoms with Crippen LogP contribution >= 0.6 is 0 Å². The summed E-state index contributed by atoms with van der Waals surface area (Å²) in [7, 11) is 0. The number of carbonyl (C=O) groups is 4. The molecule has 52 heavy (non-hydrogen) atoms. The lowest BCUT2D eigenvalue weighted by molar-refractivity contribution is -0.137. The van der Waals surface area contributed by atoms with Crippen LogP contribution < -0.4 is 20.9 Å². The van der Waals surface area contributed by atoms with Crippen molar-refractivity contribution in [3.8, 4) is 11.3 Å². The summed E-state index contributed by atoms with van der Waals surface area (Å²) in [5, 5.41) is 8.50. The number of hydrogen-bond donors (Lipinski definition) is 3. The molecule has 0 saturated carbocycles. The van der Waals surface area contributed by atoms with Gasteiger partial charge >= 0.3 is 6.18 Å². The summed E-state index contributed by atoms with van der Waals surface area (Å²) in [6.45, 7) is 3.96. The number of rotatable bonds is 9. The molecule has 1 atom stereocenters. The molecule has 0 bridgehead atoms. The van der Waals surface area contributed by atoms with Gasteiger partial charge in [-0.1, -0.05) is 18.2 Å². The minimum absolute atomic E-state index is 0.110. The van der Waals surface area contributed by atoms with Crippen molar-refractivity contribution in [1.82, 2.24) is 20.5 Å². The van der Waals surface area contributed by atoms with Crippen molar-refractivity contribution in [2.75, 3.05) is 36.4 Å². The van der Waals surface area contributed by atoms with E-state index in [1.807, 2.05) is 12.1 Å². The molecule has 4 amide bonds. The highest BCUT2D eigenvalue weighted by Crippen LogP contribution is 2.34. The number of halogens is 3. The van der Waals surface area contributed by atoms with Gasteiger partial charge in [0.15, 0.2) is 0 Å². The van der Waals surface area contributed by atoms with Crippen molar-refractivity contribution >= 4 is 35.0 Å². The number of pyridine rings is 1. The van der Waals surface area contributed by atoms with Crippen LogP contribution in [-0.4, -0.2) is 65.7 Å². The minimum Gasteiger partial charge on any atom is -0.372 e. The van der Waals surface area contributed by atoms with Gasteiger partial charge in [0.05, 0.1) is 16.9 Å². The molecule has 2 aliphatic rings. The Kier molecular flexibility index (Phi) is 10.9. The second-order valence-electron chi connectivity index (χ2n) is 13.1. The van der Waals surface area contributed by atoms with Gasteiger partial charge < -0.3 is 25.8 Å². The maximum absolute atomic E-state index is 13.7. The summed E-state index contributed by atoms with van der Waals surface area (Å²) in [5.41, 5.74) is 2.72. The van der Waals surface area contributed by atoms with E-state index in [1.54, 1.807) is 41.3 Å². The molecule has 10 nitrogen and oxygen atoms in total. The Balaban J connectivity index is 1.23. The Bertz CT molecular complexity index is 1980. The van der Waals surface area contributed by atoms with E-state index in [-0.39, 0.29) is 35.5 Å². The molecular formula is C39H39F3N6O4. The summed E-state index contributed by atoms with van der Waals surface area (Å²) < 4.78 is 39.6. The van der Waals surface area contributed by atoms with Crippen LogP contribution in [0, 0.1) is 0 Å². The van der Waals surface area contributed by atoms with Crippen molar-refractivity contribution in [3.05, 3.63) is 113 Å². The Morgan fingerprint density at radius 2 is 1.58 bits per heavy atom. The van der Waals surface area contributed by atoms with Crippen LogP contribution in [-0.2, 0) is 17.5 Å². The van der Waals surface area contributed by atoms with Crippen LogP contribution in [0.1, 0.15) is 74.8 Å². The molecule has 270 valence electrons. The molecule has 0 radical (unpaired) electrons. The Morgan fingerprint density at radius 1 is 0.827 bits per heavy atom. The van der Waals surface area contributed by atoms with Gasteiger partial charge in [-0.05, 0) is 91.9 Å². The smallest absolute Gasteiger partial charge is 0.372 e. The lowest BCUT2D eigenvalue weighted by Crippen LogP contribution is -2.37. The SMILES string of the molecule is CC(=O)N[C@H]1CCN(C(=O)c2cccc(C(=O)Nc3ccc(N4CCCCC4)cc3-c3cc(C(=O)NCc4cccc(C(F)(F)F)c4)ccn3)c2)C1. The predicted octanol–water partition coefficient (Wildman–Crippen LogP) is 6.29. The number of carbonyl (C=O) groups excluding carboxylic acids is 4. The van der Waals surface area contributed by atoms with Crippen molar-refractivity contribution in [2.45, 2.75) is 51.4 Å². The molecule has 6 rings (SSSR count). The molecule has 3 N–H and O–H groups in total. The number of likely N-dealkylation sites (tertiary alicyclic amines) is 1. The molecule has 3 heterocycles. The summed E-state index contributed by atoms with van der Waals surface area (Å²) in [4.78, 5) is 60.1. The summed E-state index contributed by atoms with van der Waals surface area (Å²) in [6, 6.07) is 19.9. The third-order valence-corrected chi connectivity index (χ3v) is 9.23. The number of benzene rings is 3. The second-order valence-corrected chi connectivity index (χ2v) is 13.1. The number of anilines is 2. The number of alkyl halides is 3. The third-order valence-electron chi connectivity index (χ3n) is 9.23. The molecule has 0 aliphatic carbocycles. The second kappa shape index (κ2) is 15.7. The Morgan fingerprint density at radius 3 is 2.35 bits per heavy atom. The van der Waals surface area contributed by atoms with Crippen molar-refractivity contribution in [1.29, 1.82) is 0 Å². The lowest BCUT2D eigenvalue weighted by Gasteiger charge is -2.29. The van der Waals surface area contributed by atoms with E-state index in [0.717, 1.165) is 50.2 Å². The maximum Gasteiger partial charge on any atom is 0.416 e. The fourth-order valence-electron chi connectivity index (χ4n) is 6.58. The minimum atomic E-state index is -4.50. The highest BCUT2D eigenvalue weighted by atomic mass is 19.4. The molecule has 0 spiro atoms. The van der Waals surface area contributed by atoms with E-state index < -0.39 is 23.6 Å². The van der Waals surface area contributed by atoms with Gasteiger partial charge in [0, 0.05) is 79.8 Å². The quantitative estimate of drug-likeness (QED) is 0.188. The van der Waals surface area contributed by atoms with Crippen molar-refractivity contribution in [3.63, 3.8) is 0 Å². The average molecular weight is 713 g/mol. The van der Waals surface area contributed by atoms with Gasteiger partial charge in [0.2, 0.25) is 5.91 Å². The first kappa shape index (κ1) is 36.1. The van der Waals surface area contributed by atoms with E-state index in [0.29, 0.717) is 47.6 Å². The summed E-state index contributed by atoms with van der Waals surface area (Å²) in [5.74, 6) is -1.34. The van der Waals surface area contributed by atoms with Gasteiger partial charge in [-0.3, -0.25) is 24.2 Å². The molecule has 1 aromatic heterocycles. The Labute approximate surface area is 299 Å². The zero-order valence-electron chi connectivity index (χ0n) is 28.6. The molecular weight excluding hydrogens is 673 g/mol. The molecule has 4 aromatic rings. The number of nitrogens with zero attached hydrogens (tertiary/aromatic N) is 3. The van der Waals surface area contributed by atoms with E-state index in [4.69, 9.17) is 0 Å². The van der Waals surface area contributed by atoms with Gasteiger partial charge in [-0.15, -0.1) is 0 Å². The van der Waals surface area contributed by atoms with E-state index in [2.05, 4.69) is 25.8 Å². The molecule has 3 aromatic carbocycles. The zero-order chi connectivity index (χ0) is 36.8. The normalized spacial score (nSPS) is 16.0.